The lowest BCUT2D eigenvalue weighted by Crippen LogP contribution is -2.42. The van der Waals surface area contributed by atoms with Crippen molar-refractivity contribution >= 4 is 23.6 Å². The van der Waals surface area contributed by atoms with E-state index >= 15 is 0 Å². The van der Waals surface area contributed by atoms with Crippen LogP contribution in [0.4, 0.5) is 0 Å². The number of nitrogens with one attached hydrogen (secondary N) is 1. The summed E-state index contributed by atoms with van der Waals surface area (Å²) in [4.78, 5) is 24.5. The number of hydrogen-bond donors (Lipinski definition) is 2. The number of carbonyl (C=O) groups is 2. The molecule has 2 aliphatic heterocycles. The van der Waals surface area contributed by atoms with Gasteiger partial charge in [-0.2, -0.15) is 0 Å². The molecule has 5 nitrogen and oxygen atoms in total. The Hall–Kier alpha value is -0.750. The first kappa shape index (κ1) is 13.7. The molecule has 2 aliphatic rings. The molecule has 6 heteroatoms. The lowest BCUT2D eigenvalue weighted by molar-refractivity contribution is -0.147. The number of carbonyl (C=O) groups excluding carboxylic acids is 1. The van der Waals surface area contributed by atoms with Crippen LogP contribution in [0.25, 0.3) is 0 Å². The van der Waals surface area contributed by atoms with Crippen LogP contribution >= 0.6 is 11.8 Å². The van der Waals surface area contributed by atoms with Gasteiger partial charge in [0.1, 0.15) is 6.04 Å². The summed E-state index contributed by atoms with van der Waals surface area (Å²) in [5.41, 5.74) is 0. The predicted molar refractivity (Wildman–Crippen MR) is 70.5 cm³/mol. The lowest BCUT2D eigenvalue weighted by Gasteiger charge is -2.25. The topological polar surface area (TPSA) is 69.6 Å². The fraction of sp³-hybridized carbons (Fsp3) is 0.833. The van der Waals surface area contributed by atoms with Crippen LogP contribution in [0.5, 0.6) is 0 Å². The molecule has 18 heavy (non-hydrogen) atoms. The Labute approximate surface area is 111 Å². The standard InChI is InChI=1S/C12H20N2O3S/c15-11(5-4-9-3-1-2-6-13-9)14-8-18-7-10(14)12(16)17/h9-10,13H,1-8H2,(H,16,17)/t9?,10-/m0/s1. The number of piperidine rings is 1. The SMILES string of the molecule is O=C(O)[C@@H]1CSCN1C(=O)CCC1CCCCN1. The smallest absolute Gasteiger partial charge is 0.327 e. The molecule has 0 saturated carbocycles. The highest BCUT2D eigenvalue weighted by Crippen LogP contribution is 2.23. The minimum absolute atomic E-state index is 0.0141. The van der Waals surface area contributed by atoms with Crippen LogP contribution in [0, 0.1) is 0 Å². The fourth-order valence-corrected chi connectivity index (χ4v) is 3.68. The highest BCUT2D eigenvalue weighted by Gasteiger charge is 2.34. The molecule has 0 aromatic rings. The summed E-state index contributed by atoms with van der Waals surface area (Å²) in [6.45, 7) is 1.04. The van der Waals surface area contributed by atoms with Crippen molar-refractivity contribution in [3.8, 4) is 0 Å². The van der Waals surface area contributed by atoms with E-state index in [-0.39, 0.29) is 5.91 Å². The van der Waals surface area contributed by atoms with E-state index in [0.717, 1.165) is 19.4 Å². The first-order valence-corrected chi connectivity index (χ1v) is 7.67. The molecule has 1 amide bonds. The average Bonchev–Trinajstić information content (AvgIpc) is 2.86. The maximum atomic E-state index is 12.0. The second-order valence-electron chi connectivity index (χ2n) is 4.90. The van der Waals surface area contributed by atoms with Crippen molar-refractivity contribution in [1.29, 1.82) is 0 Å². The first-order valence-electron chi connectivity index (χ1n) is 6.52. The van der Waals surface area contributed by atoms with E-state index in [0.29, 0.717) is 24.1 Å². The number of carboxylic acids is 1. The van der Waals surface area contributed by atoms with Crippen LogP contribution in [0.1, 0.15) is 32.1 Å². The van der Waals surface area contributed by atoms with Gasteiger partial charge in [0.2, 0.25) is 5.91 Å². The van der Waals surface area contributed by atoms with Gasteiger partial charge in [0, 0.05) is 18.2 Å². The molecule has 102 valence electrons. The zero-order chi connectivity index (χ0) is 13.0. The number of nitrogens with zero attached hydrogens (tertiary/aromatic N) is 1. The van der Waals surface area contributed by atoms with Gasteiger partial charge in [-0.15, -0.1) is 11.8 Å². The Morgan fingerprint density at radius 2 is 2.22 bits per heavy atom. The molecule has 2 N–H and O–H groups in total. The van der Waals surface area contributed by atoms with Crippen molar-refractivity contribution < 1.29 is 14.7 Å². The number of amides is 1. The van der Waals surface area contributed by atoms with Gasteiger partial charge in [0.15, 0.2) is 0 Å². The molecule has 0 bridgehead atoms. The number of hydrogen-bond acceptors (Lipinski definition) is 4. The summed E-state index contributed by atoms with van der Waals surface area (Å²) in [7, 11) is 0. The molecule has 2 atom stereocenters. The molecule has 0 spiro atoms. The maximum Gasteiger partial charge on any atom is 0.327 e. The van der Waals surface area contributed by atoms with Crippen molar-refractivity contribution in [2.45, 2.75) is 44.2 Å². The van der Waals surface area contributed by atoms with Gasteiger partial charge in [-0.25, -0.2) is 4.79 Å². The fourth-order valence-electron chi connectivity index (χ4n) is 2.50. The monoisotopic (exact) mass is 272 g/mol. The van der Waals surface area contributed by atoms with E-state index in [1.807, 2.05) is 0 Å². The Balaban J connectivity index is 1.78. The van der Waals surface area contributed by atoms with E-state index in [1.165, 1.54) is 29.5 Å². The van der Waals surface area contributed by atoms with Gasteiger partial charge < -0.3 is 15.3 Å². The van der Waals surface area contributed by atoms with Gasteiger partial charge in [0.05, 0.1) is 5.88 Å². The van der Waals surface area contributed by atoms with Crippen molar-refractivity contribution in [2.75, 3.05) is 18.2 Å². The zero-order valence-electron chi connectivity index (χ0n) is 10.4. The highest BCUT2D eigenvalue weighted by atomic mass is 32.2. The maximum absolute atomic E-state index is 12.0. The Morgan fingerprint density at radius 1 is 1.39 bits per heavy atom. The summed E-state index contributed by atoms with van der Waals surface area (Å²) in [5, 5.41) is 12.4. The van der Waals surface area contributed by atoms with Crippen LogP contribution in [-0.2, 0) is 9.59 Å². The normalized spacial score (nSPS) is 28.3. The largest absolute Gasteiger partial charge is 0.480 e. The van der Waals surface area contributed by atoms with Crippen molar-refractivity contribution in [3.05, 3.63) is 0 Å². The third-order valence-corrected chi connectivity index (χ3v) is 4.62. The molecule has 0 aromatic carbocycles. The summed E-state index contributed by atoms with van der Waals surface area (Å²) in [5.74, 6) is 0.139. The number of aliphatic carboxylic acids is 1. The van der Waals surface area contributed by atoms with E-state index < -0.39 is 12.0 Å². The molecule has 2 saturated heterocycles. The van der Waals surface area contributed by atoms with Crippen LogP contribution in [0.3, 0.4) is 0 Å². The second-order valence-corrected chi connectivity index (χ2v) is 5.90. The van der Waals surface area contributed by atoms with E-state index in [1.54, 1.807) is 0 Å². The van der Waals surface area contributed by atoms with E-state index in [9.17, 15) is 9.59 Å². The second kappa shape index (κ2) is 6.43. The molecule has 2 fully saturated rings. The third kappa shape index (κ3) is 3.38. The molecule has 0 aromatic heterocycles. The minimum Gasteiger partial charge on any atom is -0.480 e. The highest BCUT2D eigenvalue weighted by molar-refractivity contribution is 7.99. The van der Waals surface area contributed by atoms with E-state index in [2.05, 4.69) is 5.32 Å². The Kier molecular flexibility index (Phi) is 4.88. The average molecular weight is 272 g/mol. The van der Waals surface area contributed by atoms with Crippen LogP contribution < -0.4 is 5.32 Å². The summed E-state index contributed by atoms with van der Waals surface area (Å²) >= 11 is 1.52. The molecule has 0 aliphatic carbocycles. The quantitative estimate of drug-likeness (QED) is 0.795. The first-order chi connectivity index (χ1) is 8.68. The number of carboxylic acid groups (broad SMARTS) is 1. The molecular formula is C12H20N2O3S. The van der Waals surface area contributed by atoms with Crippen molar-refractivity contribution in [3.63, 3.8) is 0 Å². The van der Waals surface area contributed by atoms with Crippen molar-refractivity contribution in [1.82, 2.24) is 10.2 Å². The summed E-state index contributed by atoms with van der Waals surface area (Å²) in [6.07, 6.45) is 4.86. The Bertz CT molecular complexity index is 318. The van der Waals surface area contributed by atoms with Gasteiger partial charge in [-0.1, -0.05) is 6.42 Å². The predicted octanol–water partition coefficient (Wildman–Crippen LogP) is 0.895. The number of thioether (sulfide) groups is 1. The lowest BCUT2D eigenvalue weighted by atomic mass is 10.0. The van der Waals surface area contributed by atoms with Crippen LogP contribution in [-0.4, -0.2) is 52.1 Å². The van der Waals surface area contributed by atoms with Gasteiger partial charge >= 0.3 is 5.97 Å². The summed E-state index contributed by atoms with van der Waals surface area (Å²) in [6, 6.07) is -0.192. The molecule has 2 rings (SSSR count). The number of rotatable bonds is 4. The van der Waals surface area contributed by atoms with Gasteiger partial charge in [-0.05, 0) is 25.8 Å². The van der Waals surface area contributed by atoms with Crippen LogP contribution in [0.2, 0.25) is 0 Å². The molecular weight excluding hydrogens is 252 g/mol. The minimum atomic E-state index is -0.885. The molecule has 0 radical (unpaired) electrons. The summed E-state index contributed by atoms with van der Waals surface area (Å²) < 4.78 is 0. The van der Waals surface area contributed by atoms with Crippen molar-refractivity contribution in [2.24, 2.45) is 0 Å². The Morgan fingerprint density at radius 3 is 2.89 bits per heavy atom. The van der Waals surface area contributed by atoms with E-state index in [4.69, 9.17) is 5.11 Å². The molecule has 1 unspecified atom stereocenters. The molecule has 2 heterocycles. The van der Waals surface area contributed by atoms with Gasteiger partial charge in [-0.3, -0.25) is 4.79 Å². The zero-order valence-corrected chi connectivity index (χ0v) is 11.2. The van der Waals surface area contributed by atoms with Gasteiger partial charge in [0.25, 0.3) is 0 Å². The van der Waals surface area contributed by atoms with Crippen LogP contribution in [0.15, 0.2) is 0 Å². The third-order valence-electron chi connectivity index (χ3n) is 3.61.